The maximum Gasteiger partial charge on any atom is 0.251 e. The minimum absolute atomic E-state index is 0.236. The predicted octanol–water partition coefficient (Wildman–Crippen LogP) is 6.16. The van der Waals surface area contributed by atoms with Crippen LogP contribution in [0.25, 0.3) is 10.9 Å². The molecule has 0 aliphatic carbocycles. The molecule has 1 saturated heterocycles. The van der Waals surface area contributed by atoms with E-state index in [-0.39, 0.29) is 12.5 Å². The summed E-state index contributed by atoms with van der Waals surface area (Å²) >= 11 is 0. The van der Waals surface area contributed by atoms with Crippen LogP contribution in [0.15, 0.2) is 79.0 Å². The normalized spacial score (nSPS) is 17.1. The van der Waals surface area contributed by atoms with Gasteiger partial charge in [0, 0.05) is 42.3 Å². The minimum atomic E-state index is -3.00. The number of hydrogen-bond donors (Lipinski definition) is 5. The number of nitrogens with zero attached hydrogens (tertiary/aromatic N) is 2. The van der Waals surface area contributed by atoms with Gasteiger partial charge in [-0.15, -0.1) is 10.8 Å². The predicted molar refractivity (Wildman–Crippen MR) is 183 cm³/mol. The number of fused-ring (bicyclic) bond motifs is 1. The standard InChI is InChI=1S/C35H46N4O5S/c1-5-38-18-16-29-31(38)21-26(22-32(29)39-17-9-10-19-45(39,42)43)34(41)37-30(20-25-12-7-6-8-13-25)33(40)24-36-35(2,3)27-14-11-15-28(23-27)44-4/h6-8,11-16,18,21-23,30,33,36,40,42-43H,5,9-10,17,19-20,24H2,1-4H3,(H,37,41)/t30-,33+/m0/s1. The summed E-state index contributed by atoms with van der Waals surface area (Å²) in [6.45, 7) is 7.57. The van der Waals surface area contributed by atoms with Crippen LogP contribution in [0.4, 0.5) is 5.69 Å². The Kier molecular flexibility index (Phi) is 10.1. The molecule has 0 radical (unpaired) electrons. The first kappa shape index (κ1) is 32.8. The van der Waals surface area contributed by atoms with Gasteiger partial charge in [0.2, 0.25) is 0 Å². The summed E-state index contributed by atoms with van der Waals surface area (Å²) in [5, 5.41) is 19.0. The fourth-order valence-corrected chi connectivity index (χ4v) is 7.69. The lowest BCUT2D eigenvalue weighted by molar-refractivity contribution is 0.0814. The maximum absolute atomic E-state index is 14.0. The van der Waals surface area contributed by atoms with Gasteiger partial charge in [-0.05, 0) is 81.5 Å². The lowest BCUT2D eigenvalue weighted by Gasteiger charge is -2.47. The fourth-order valence-electron chi connectivity index (χ4n) is 5.99. The van der Waals surface area contributed by atoms with Crippen LogP contribution >= 0.6 is 10.8 Å². The van der Waals surface area contributed by atoms with Gasteiger partial charge in [0.1, 0.15) is 5.75 Å². The molecule has 1 aliphatic heterocycles. The first-order valence-corrected chi connectivity index (χ1v) is 17.3. The van der Waals surface area contributed by atoms with Crippen LogP contribution in [0.5, 0.6) is 5.75 Å². The van der Waals surface area contributed by atoms with Crippen LogP contribution in [-0.4, -0.2) is 62.8 Å². The number of aryl methyl sites for hydroxylation is 1. The molecule has 0 bridgehead atoms. The lowest BCUT2D eigenvalue weighted by Crippen LogP contribution is -2.51. The number of amides is 1. The molecule has 4 aromatic rings. The Morgan fingerprint density at radius 3 is 2.53 bits per heavy atom. The monoisotopic (exact) mass is 634 g/mol. The number of aliphatic hydroxyl groups excluding tert-OH is 1. The first-order chi connectivity index (χ1) is 21.5. The average molecular weight is 635 g/mol. The third kappa shape index (κ3) is 7.48. The Balaban J connectivity index is 1.42. The van der Waals surface area contributed by atoms with Gasteiger partial charge in [-0.2, -0.15) is 0 Å². The van der Waals surface area contributed by atoms with Gasteiger partial charge in [-0.1, -0.05) is 42.5 Å². The number of rotatable bonds is 12. The van der Waals surface area contributed by atoms with Crippen LogP contribution in [0.2, 0.25) is 0 Å². The van der Waals surface area contributed by atoms with Crippen molar-refractivity contribution in [2.24, 2.45) is 0 Å². The second-order valence-corrected chi connectivity index (χ2v) is 14.4. The minimum Gasteiger partial charge on any atom is -0.497 e. The van der Waals surface area contributed by atoms with Crippen LogP contribution in [0.3, 0.4) is 0 Å². The smallest absolute Gasteiger partial charge is 0.251 e. The number of ether oxygens (including phenoxy) is 1. The number of nitrogens with one attached hydrogen (secondary N) is 2. The van der Waals surface area contributed by atoms with Crippen molar-refractivity contribution in [3.05, 3.63) is 95.7 Å². The van der Waals surface area contributed by atoms with Gasteiger partial charge in [0.25, 0.3) is 5.91 Å². The Hall–Kier alpha value is -3.54. The van der Waals surface area contributed by atoms with Crippen molar-refractivity contribution in [1.82, 2.24) is 15.2 Å². The Morgan fingerprint density at radius 1 is 1.04 bits per heavy atom. The number of aliphatic hydroxyl groups is 1. The van der Waals surface area contributed by atoms with Gasteiger partial charge >= 0.3 is 0 Å². The van der Waals surface area contributed by atoms with Gasteiger partial charge in [-0.3, -0.25) is 18.2 Å². The highest BCUT2D eigenvalue weighted by atomic mass is 32.3. The molecule has 1 aromatic heterocycles. The van der Waals surface area contributed by atoms with E-state index in [0.717, 1.165) is 40.6 Å². The van der Waals surface area contributed by atoms with Crippen LogP contribution < -0.4 is 19.7 Å². The SMILES string of the molecule is CCn1ccc2c(N3CCCCS3(O)O)cc(C(=O)N[C@@H](Cc3ccccc3)[C@H](O)CNC(C)(C)c3cccc(OC)c3)cc21. The van der Waals surface area contributed by atoms with E-state index in [0.29, 0.717) is 36.5 Å². The van der Waals surface area contributed by atoms with Gasteiger partial charge in [0.05, 0.1) is 36.2 Å². The third-order valence-electron chi connectivity index (χ3n) is 8.74. The third-order valence-corrected chi connectivity index (χ3v) is 10.7. The first-order valence-electron chi connectivity index (χ1n) is 15.6. The molecule has 2 atom stereocenters. The summed E-state index contributed by atoms with van der Waals surface area (Å²) in [4.78, 5) is 14.0. The lowest BCUT2D eigenvalue weighted by atomic mass is 9.93. The summed E-state index contributed by atoms with van der Waals surface area (Å²) in [6, 6.07) is 22.6. The number of carbonyl (C=O) groups is 1. The highest BCUT2D eigenvalue weighted by molar-refractivity contribution is 8.25. The molecule has 2 heterocycles. The van der Waals surface area contributed by atoms with Gasteiger partial charge in [0.15, 0.2) is 0 Å². The van der Waals surface area contributed by atoms with Gasteiger partial charge < -0.3 is 25.0 Å². The van der Waals surface area contributed by atoms with E-state index in [1.165, 1.54) is 0 Å². The molecule has 5 rings (SSSR count). The zero-order chi connectivity index (χ0) is 32.2. The maximum atomic E-state index is 14.0. The highest BCUT2D eigenvalue weighted by Crippen LogP contribution is 2.51. The topological polar surface area (TPSA) is 119 Å². The zero-order valence-corrected chi connectivity index (χ0v) is 27.4. The number of methoxy groups -OCH3 is 1. The number of carbonyl (C=O) groups excluding carboxylic acids is 1. The van der Waals surface area contributed by atoms with E-state index in [1.54, 1.807) is 17.5 Å². The van der Waals surface area contributed by atoms with Crippen molar-refractivity contribution in [3.63, 3.8) is 0 Å². The van der Waals surface area contributed by atoms with Crippen molar-refractivity contribution < 1.29 is 23.7 Å². The molecule has 5 N–H and O–H groups in total. The molecular weight excluding hydrogens is 588 g/mol. The quantitative estimate of drug-likeness (QED) is 0.127. The summed E-state index contributed by atoms with van der Waals surface area (Å²) in [5.74, 6) is 0.736. The molecule has 0 spiro atoms. The molecular formula is C35H46N4O5S. The Labute approximate surface area is 267 Å². The van der Waals surface area contributed by atoms with Crippen molar-refractivity contribution in [3.8, 4) is 5.75 Å². The molecule has 1 amide bonds. The van der Waals surface area contributed by atoms with Crippen LogP contribution in [-0.2, 0) is 18.5 Å². The van der Waals surface area contributed by atoms with E-state index in [4.69, 9.17) is 4.74 Å². The van der Waals surface area contributed by atoms with E-state index in [1.807, 2.05) is 98.3 Å². The second-order valence-electron chi connectivity index (χ2n) is 12.3. The molecule has 0 saturated carbocycles. The zero-order valence-electron chi connectivity index (χ0n) is 26.6. The number of anilines is 1. The summed E-state index contributed by atoms with van der Waals surface area (Å²) in [5.41, 5.74) is 3.43. The van der Waals surface area contributed by atoms with Crippen LogP contribution in [0, 0.1) is 0 Å². The summed E-state index contributed by atoms with van der Waals surface area (Å²) in [6.07, 6.45) is 3.08. The highest BCUT2D eigenvalue weighted by Gasteiger charge is 2.31. The molecule has 242 valence electrons. The average Bonchev–Trinajstić information content (AvgIpc) is 3.46. The molecule has 45 heavy (non-hydrogen) atoms. The molecule has 1 fully saturated rings. The number of hydrogen-bond acceptors (Lipinski definition) is 7. The van der Waals surface area contributed by atoms with Crippen molar-refractivity contribution >= 4 is 33.3 Å². The molecule has 0 unspecified atom stereocenters. The van der Waals surface area contributed by atoms with E-state index in [9.17, 15) is 19.0 Å². The summed E-state index contributed by atoms with van der Waals surface area (Å²) in [7, 11) is -1.36. The van der Waals surface area contributed by atoms with Crippen molar-refractivity contribution in [2.45, 2.75) is 64.3 Å². The fraction of sp³-hybridized carbons (Fsp3) is 0.400. The Bertz CT molecular complexity index is 1610. The van der Waals surface area contributed by atoms with Crippen molar-refractivity contribution in [1.29, 1.82) is 0 Å². The van der Waals surface area contributed by atoms with Crippen molar-refractivity contribution in [2.75, 3.05) is 30.3 Å². The Morgan fingerprint density at radius 2 is 1.82 bits per heavy atom. The van der Waals surface area contributed by atoms with E-state index >= 15 is 0 Å². The largest absolute Gasteiger partial charge is 0.497 e. The van der Waals surface area contributed by atoms with E-state index in [2.05, 4.69) is 10.6 Å². The molecule has 3 aromatic carbocycles. The number of aromatic nitrogens is 1. The molecule has 10 heteroatoms. The molecule has 9 nitrogen and oxygen atoms in total. The second kappa shape index (κ2) is 13.8. The summed E-state index contributed by atoms with van der Waals surface area (Å²) < 4.78 is 31.1. The van der Waals surface area contributed by atoms with Gasteiger partial charge in [-0.25, -0.2) is 0 Å². The van der Waals surface area contributed by atoms with Crippen LogP contribution in [0.1, 0.15) is 55.1 Å². The number of benzene rings is 3. The van der Waals surface area contributed by atoms with E-state index < -0.39 is 28.5 Å². The molecule has 1 aliphatic rings.